The average Bonchev–Trinajstić information content (AvgIpc) is 2.70. The van der Waals surface area contributed by atoms with Crippen LogP contribution in [0.3, 0.4) is 0 Å². The fourth-order valence-corrected chi connectivity index (χ4v) is 2.39. The molecule has 1 aromatic heterocycles. The molecule has 96 valence electrons. The minimum atomic E-state index is -0.351. The van der Waals surface area contributed by atoms with E-state index in [2.05, 4.69) is 22.9 Å². The van der Waals surface area contributed by atoms with Gasteiger partial charge in [0.1, 0.15) is 5.75 Å². The maximum Gasteiger partial charge on any atom is 0.238 e. The fourth-order valence-electron chi connectivity index (χ4n) is 1.42. The summed E-state index contributed by atoms with van der Waals surface area (Å²) in [7, 11) is 0. The lowest BCUT2D eigenvalue weighted by Crippen LogP contribution is -2.20. The number of rotatable bonds is 4. The maximum atomic E-state index is 11.5. The number of ether oxygens (including phenoxy) is 1. The van der Waals surface area contributed by atoms with Crippen molar-refractivity contribution in [2.24, 2.45) is 0 Å². The highest BCUT2D eigenvalue weighted by Crippen LogP contribution is 2.29. The van der Waals surface area contributed by atoms with Gasteiger partial charge < -0.3 is 10.1 Å². The molecule has 1 amide bonds. The first-order valence-corrected chi connectivity index (χ1v) is 6.95. The largest absolute Gasteiger partial charge is 0.494 e. The zero-order valence-corrected chi connectivity index (χ0v) is 11.8. The number of carbonyl (C=O) groups excluding carboxylic acids is 1. The highest BCUT2D eigenvalue weighted by molar-refractivity contribution is 7.81. The van der Waals surface area contributed by atoms with E-state index in [1.54, 1.807) is 6.92 Å². The van der Waals surface area contributed by atoms with Crippen LogP contribution in [0.2, 0.25) is 0 Å². The summed E-state index contributed by atoms with van der Waals surface area (Å²) >= 11 is 5.50. The number of hydrogen-bond acceptors (Lipinski definition) is 5. The number of thiol groups is 1. The van der Waals surface area contributed by atoms with E-state index >= 15 is 0 Å². The Morgan fingerprint density at radius 3 is 3.06 bits per heavy atom. The molecule has 0 bridgehead atoms. The van der Waals surface area contributed by atoms with Crippen LogP contribution in [0.1, 0.15) is 13.8 Å². The summed E-state index contributed by atoms with van der Waals surface area (Å²) < 4.78 is 6.41. The maximum absolute atomic E-state index is 11.5. The van der Waals surface area contributed by atoms with E-state index in [9.17, 15) is 4.79 Å². The summed E-state index contributed by atoms with van der Waals surface area (Å²) in [5, 5.41) is 2.97. The Kier molecular flexibility index (Phi) is 4.08. The van der Waals surface area contributed by atoms with Gasteiger partial charge in [0, 0.05) is 0 Å². The number of nitrogens with one attached hydrogen (secondary N) is 1. The van der Waals surface area contributed by atoms with Crippen LogP contribution in [0.5, 0.6) is 5.75 Å². The Bertz CT molecular complexity index is 566. The van der Waals surface area contributed by atoms with E-state index in [4.69, 9.17) is 4.74 Å². The molecule has 4 nitrogen and oxygen atoms in total. The second-order valence-corrected chi connectivity index (χ2v) is 5.55. The molecule has 0 saturated carbocycles. The molecule has 0 aliphatic heterocycles. The van der Waals surface area contributed by atoms with E-state index in [1.807, 2.05) is 25.1 Å². The predicted molar refractivity (Wildman–Crippen MR) is 77.9 cm³/mol. The van der Waals surface area contributed by atoms with Gasteiger partial charge >= 0.3 is 0 Å². The van der Waals surface area contributed by atoms with Gasteiger partial charge in [-0.15, -0.1) is 0 Å². The van der Waals surface area contributed by atoms with Crippen molar-refractivity contribution in [3.63, 3.8) is 0 Å². The average molecular weight is 282 g/mol. The normalized spacial score (nSPS) is 12.4. The minimum absolute atomic E-state index is 0.151. The second kappa shape index (κ2) is 5.58. The van der Waals surface area contributed by atoms with E-state index in [-0.39, 0.29) is 11.2 Å². The molecule has 6 heteroatoms. The molecule has 0 radical (unpaired) electrons. The molecule has 0 aliphatic carbocycles. The molecule has 2 aromatic rings. The van der Waals surface area contributed by atoms with Gasteiger partial charge in [-0.25, -0.2) is 4.98 Å². The SMILES string of the molecule is CCOc1ccc2nc(NC(=O)C(C)S)sc2c1. The van der Waals surface area contributed by atoms with Gasteiger partial charge in [-0.05, 0) is 32.0 Å². The summed E-state index contributed by atoms with van der Waals surface area (Å²) in [6.45, 7) is 4.29. The van der Waals surface area contributed by atoms with Crippen LogP contribution >= 0.6 is 24.0 Å². The number of thiazole rings is 1. The third kappa shape index (κ3) is 2.94. The Labute approximate surface area is 115 Å². The number of benzene rings is 1. The van der Waals surface area contributed by atoms with Crippen molar-refractivity contribution in [3.8, 4) is 5.75 Å². The molecule has 1 unspecified atom stereocenters. The first-order chi connectivity index (χ1) is 8.60. The number of fused-ring (bicyclic) bond motifs is 1. The third-order valence-corrected chi connectivity index (χ3v) is 3.45. The highest BCUT2D eigenvalue weighted by atomic mass is 32.1. The molecule has 1 aromatic carbocycles. The quantitative estimate of drug-likeness (QED) is 0.848. The number of nitrogens with zero attached hydrogens (tertiary/aromatic N) is 1. The second-order valence-electron chi connectivity index (χ2n) is 3.75. The van der Waals surface area contributed by atoms with Gasteiger partial charge in [0.15, 0.2) is 5.13 Å². The lowest BCUT2D eigenvalue weighted by molar-refractivity contribution is -0.115. The van der Waals surface area contributed by atoms with E-state index in [0.717, 1.165) is 16.0 Å². The molecule has 2 rings (SSSR count). The van der Waals surface area contributed by atoms with Gasteiger partial charge in [-0.2, -0.15) is 12.6 Å². The topological polar surface area (TPSA) is 51.2 Å². The zero-order chi connectivity index (χ0) is 13.1. The van der Waals surface area contributed by atoms with Crippen LogP contribution in [0.4, 0.5) is 5.13 Å². The highest BCUT2D eigenvalue weighted by Gasteiger charge is 2.11. The van der Waals surface area contributed by atoms with Crippen molar-refractivity contribution in [1.29, 1.82) is 0 Å². The Balaban J connectivity index is 2.24. The van der Waals surface area contributed by atoms with Crippen molar-refractivity contribution < 1.29 is 9.53 Å². The Morgan fingerprint density at radius 1 is 1.61 bits per heavy atom. The number of anilines is 1. The van der Waals surface area contributed by atoms with Crippen LogP contribution in [-0.4, -0.2) is 22.7 Å². The first kappa shape index (κ1) is 13.2. The number of hydrogen-bond donors (Lipinski definition) is 2. The number of carbonyl (C=O) groups is 1. The molecule has 1 N–H and O–H groups in total. The van der Waals surface area contributed by atoms with Gasteiger partial charge in [0.05, 0.1) is 22.1 Å². The lowest BCUT2D eigenvalue weighted by atomic mass is 10.3. The molecule has 1 atom stereocenters. The molecule has 18 heavy (non-hydrogen) atoms. The van der Waals surface area contributed by atoms with Gasteiger partial charge in [0.25, 0.3) is 0 Å². The summed E-state index contributed by atoms with van der Waals surface area (Å²) in [5.41, 5.74) is 0.852. The first-order valence-electron chi connectivity index (χ1n) is 5.62. The molecular formula is C12H14N2O2S2. The molecule has 1 heterocycles. The van der Waals surface area contributed by atoms with E-state index in [1.165, 1.54) is 11.3 Å². The van der Waals surface area contributed by atoms with Crippen LogP contribution in [0.15, 0.2) is 18.2 Å². The molecule has 0 fully saturated rings. The van der Waals surface area contributed by atoms with Gasteiger partial charge in [-0.3, -0.25) is 4.79 Å². The van der Waals surface area contributed by atoms with Crippen molar-refractivity contribution in [3.05, 3.63) is 18.2 Å². The smallest absolute Gasteiger partial charge is 0.238 e. The molecule has 0 saturated heterocycles. The van der Waals surface area contributed by atoms with Crippen molar-refractivity contribution >= 4 is 45.2 Å². The minimum Gasteiger partial charge on any atom is -0.494 e. The van der Waals surface area contributed by atoms with E-state index < -0.39 is 0 Å². The molecule has 0 spiro atoms. The summed E-state index contributed by atoms with van der Waals surface area (Å²) in [6.07, 6.45) is 0. The zero-order valence-electron chi connectivity index (χ0n) is 10.1. The monoisotopic (exact) mass is 282 g/mol. The summed E-state index contributed by atoms with van der Waals surface area (Å²) in [6, 6.07) is 5.69. The van der Waals surface area contributed by atoms with Crippen LogP contribution in [-0.2, 0) is 4.79 Å². The van der Waals surface area contributed by atoms with Crippen LogP contribution in [0, 0.1) is 0 Å². The fraction of sp³-hybridized carbons (Fsp3) is 0.333. The molecular weight excluding hydrogens is 268 g/mol. The lowest BCUT2D eigenvalue weighted by Gasteiger charge is -2.02. The van der Waals surface area contributed by atoms with Crippen LogP contribution in [0.25, 0.3) is 10.2 Å². The predicted octanol–water partition coefficient (Wildman–Crippen LogP) is 2.95. The third-order valence-electron chi connectivity index (χ3n) is 2.28. The number of amides is 1. The molecule has 0 aliphatic rings. The van der Waals surface area contributed by atoms with Gasteiger partial charge in [-0.1, -0.05) is 11.3 Å². The van der Waals surface area contributed by atoms with Crippen molar-refractivity contribution in [2.45, 2.75) is 19.1 Å². The van der Waals surface area contributed by atoms with Crippen LogP contribution < -0.4 is 10.1 Å². The summed E-state index contributed by atoms with van der Waals surface area (Å²) in [5.74, 6) is 0.663. The Morgan fingerprint density at radius 2 is 2.39 bits per heavy atom. The van der Waals surface area contributed by atoms with Crippen molar-refractivity contribution in [2.75, 3.05) is 11.9 Å². The summed E-state index contributed by atoms with van der Waals surface area (Å²) in [4.78, 5) is 15.8. The number of aromatic nitrogens is 1. The Hall–Kier alpha value is -1.27. The standard InChI is InChI=1S/C12H14N2O2S2/c1-3-16-8-4-5-9-10(6-8)18-12(13-9)14-11(15)7(2)17/h4-7,17H,3H2,1-2H3,(H,13,14,15). The van der Waals surface area contributed by atoms with Gasteiger partial charge in [0.2, 0.25) is 5.91 Å². The van der Waals surface area contributed by atoms with E-state index in [0.29, 0.717) is 11.7 Å². The van der Waals surface area contributed by atoms with Crippen molar-refractivity contribution in [1.82, 2.24) is 4.98 Å².